The third-order valence-corrected chi connectivity index (χ3v) is 2.96. The summed E-state index contributed by atoms with van der Waals surface area (Å²) < 4.78 is 5.71. The maximum atomic E-state index is 12.0. The van der Waals surface area contributed by atoms with E-state index in [9.17, 15) is 9.90 Å². The summed E-state index contributed by atoms with van der Waals surface area (Å²) >= 11 is 3.15. The number of rotatable bonds is 3. The number of phenols is 1. The van der Waals surface area contributed by atoms with E-state index in [4.69, 9.17) is 4.42 Å². The van der Waals surface area contributed by atoms with E-state index in [2.05, 4.69) is 15.9 Å². The molecule has 0 radical (unpaired) electrons. The van der Waals surface area contributed by atoms with Gasteiger partial charge in [0.25, 0.3) is 5.91 Å². The Morgan fingerprint density at radius 2 is 2.06 bits per heavy atom. The molecule has 1 aromatic heterocycles. The molecule has 2 aromatic rings. The van der Waals surface area contributed by atoms with E-state index in [-0.39, 0.29) is 17.4 Å². The lowest BCUT2D eigenvalue weighted by Gasteiger charge is -2.16. The predicted octanol–water partition coefficient (Wildman–Crippen LogP) is 3.02. The van der Waals surface area contributed by atoms with Gasteiger partial charge in [0.05, 0.1) is 0 Å². The van der Waals surface area contributed by atoms with E-state index in [0.717, 1.165) is 0 Å². The van der Waals surface area contributed by atoms with Crippen molar-refractivity contribution >= 4 is 21.8 Å². The highest BCUT2D eigenvalue weighted by Gasteiger charge is 2.16. The van der Waals surface area contributed by atoms with Crippen molar-refractivity contribution in [2.45, 2.75) is 6.54 Å². The molecule has 1 N–H and O–H groups in total. The lowest BCUT2D eigenvalue weighted by Crippen LogP contribution is -2.25. The van der Waals surface area contributed by atoms with Gasteiger partial charge >= 0.3 is 0 Å². The number of hydrogen-bond acceptors (Lipinski definition) is 3. The van der Waals surface area contributed by atoms with Crippen molar-refractivity contribution in [2.24, 2.45) is 0 Å². The van der Waals surface area contributed by atoms with Crippen LogP contribution in [0.5, 0.6) is 5.75 Å². The summed E-state index contributed by atoms with van der Waals surface area (Å²) in [7, 11) is 1.66. The molecular formula is C13H12BrNO3. The second kappa shape index (κ2) is 5.27. The summed E-state index contributed by atoms with van der Waals surface area (Å²) in [6.45, 7) is 0.323. The third-order valence-electron chi connectivity index (χ3n) is 2.53. The summed E-state index contributed by atoms with van der Waals surface area (Å²) in [6, 6.07) is 10.2. The normalized spacial score (nSPS) is 10.3. The molecular weight excluding hydrogens is 298 g/mol. The number of amides is 1. The van der Waals surface area contributed by atoms with Gasteiger partial charge < -0.3 is 14.4 Å². The van der Waals surface area contributed by atoms with E-state index < -0.39 is 0 Å². The van der Waals surface area contributed by atoms with Crippen LogP contribution in [0, 0.1) is 0 Å². The second-order valence-electron chi connectivity index (χ2n) is 3.89. The van der Waals surface area contributed by atoms with Crippen molar-refractivity contribution in [2.75, 3.05) is 7.05 Å². The van der Waals surface area contributed by atoms with Gasteiger partial charge in [0.1, 0.15) is 5.75 Å². The smallest absolute Gasteiger partial charge is 0.289 e. The van der Waals surface area contributed by atoms with Crippen LogP contribution in [0.2, 0.25) is 0 Å². The number of carbonyl (C=O) groups is 1. The minimum atomic E-state index is -0.232. The summed E-state index contributed by atoms with van der Waals surface area (Å²) in [4.78, 5) is 13.5. The maximum Gasteiger partial charge on any atom is 0.289 e. The highest BCUT2D eigenvalue weighted by Crippen LogP contribution is 2.19. The lowest BCUT2D eigenvalue weighted by atomic mass is 10.2. The molecule has 0 atom stereocenters. The van der Waals surface area contributed by atoms with Gasteiger partial charge in [-0.05, 0) is 34.1 Å². The summed E-state index contributed by atoms with van der Waals surface area (Å²) in [5.41, 5.74) is 0.693. The Kier molecular flexibility index (Phi) is 3.72. The molecule has 0 aliphatic rings. The Morgan fingerprint density at radius 1 is 1.33 bits per heavy atom. The quantitative estimate of drug-likeness (QED) is 0.948. The third kappa shape index (κ3) is 2.73. The van der Waals surface area contributed by atoms with Crippen LogP contribution in [-0.2, 0) is 6.54 Å². The van der Waals surface area contributed by atoms with Crippen LogP contribution in [-0.4, -0.2) is 23.0 Å². The molecule has 0 saturated heterocycles. The number of nitrogens with zero attached hydrogens (tertiary/aromatic N) is 1. The monoisotopic (exact) mass is 309 g/mol. The number of phenolic OH excluding ortho intramolecular Hbond substituents is 1. The van der Waals surface area contributed by atoms with Crippen molar-refractivity contribution in [1.29, 1.82) is 0 Å². The molecule has 1 aromatic carbocycles. The SMILES string of the molecule is CN(Cc1ccccc1O)C(=O)c1ccc(Br)o1. The van der Waals surface area contributed by atoms with E-state index in [1.165, 1.54) is 4.90 Å². The molecule has 0 bridgehead atoms. The van der Waals surface area contributed by atoms with Crippen molar-refractivity contribution in [3.05, 3.63) is 52.4 Å². The van der Waals surface area contributed by atoms with E-state index in [1.807, 2.05) is 6.07 Å². The van der Waals surface area contributed by atoms with Gasteiger partial charge in [0.15, 0.2) is 10.4 Å². The molecule has 18 heavy (non-hydrogen) atoms. The van der Waals surface area contributed by atoms with Gasteiger partial charge in [0, 0.05) is 19.2 Å². The molecule has 94 valence electrons. The summed E-state index contributed by atoms with van der Waals surface area (Å²) in [5.74, 6) is 0.210. The number of halogens is 1. The zero-order valence-electron chi connectivity index (χ0n) is 9.76. The molecule has 5 heteroatoms. The Hall–Kier alpha value is -1.75. The van der Waals surface area contributed by atoms with Gasteiger partial charge in [-0.15, -0.1) is 0 Å². The first-order valence-corrected chi connectivity index (χ1v) is 6.15. The summed E-state index contributed by atoms with van der Waals surface area (Å²) in [6.07, 6.45) is 0. The summed E-state index contributed by atoms with van der Waals surface area (Å²) in [5, 5.41) is 9.65. The number of aromatic hydroxyl groups is 1. The molecule has 0 unspecified atom stereocenters. The largest absolute Gasteiger partial charge is 0.508 e. The molecule has 4 nitrogen and oxygen atoms in total. The molecule has 2 rings (SSSR count). The number of furan rings is 1. The average molecular weight is 310 g/mol. The Morgan fingerprint density at radius 3 is 2.67 bits per heavy atom. The van der Waals surface area contributed by atoms with Crippen LogP contribution in [0.15, 0.2) is 45.5 Å². The Labute approximate surface area is 113 Å². The number of benzene rings is 1. The first kappa shape index (κ1) is 12.7. The zero-order valence-corrected chi connectivity index (χ0v) is 11.3. The lowest BCUT2D eigenvalue weighted by molar-refractivity contribution is 0.0751. The van der Waals surface area contributed by atoms with Gasteiger partial charge in [-0.1, -0.05) is 18.2 Å². The fourth-order valence-electron chi connectivity index (χ4n) is 1.59. The van der Waals surface area contributed by atoms with Crippen LogP contribution >= 0.6 is 15.9 Å². The van der Waals surface area contributed by atoms with Gasteiger partial charge in [0.2, 0.25) is 0 Å². The van der Waals surface area contributed by atoms with Crippen molar-refractivity contribution in [3.63, 3.8) is 0 Å². The van der Waals surface area contributed by atoms with Gasteiger partial charge in [-0.25, -0.2) is 0 Å². The van der Waals surface area contributed by atoms with Crippen LogP contribution in [0.4, 0.5) is 0 Å². The van der Waals surface area contributed by atoms with Crippen LogP contribution in [0.3, 0.4) is 0 Å². The van der Waals surface area contributed by atoms with Gasteiger partial charge in [-0.3, -0.25) is 4.79 Å². The molecule has 0 spiro atoms. The second-order valence-corrected chi connectivity index (χ2v) is 4.68. The van der Waals surface area contributed by atoms with Crippen molar-refractivity contribution in [1.82, 2.24) is 4.90 Å². The van der Waals surface area contributed by atoms with Crippen LogP contribution < -0.4 is 0 Å². The first-order chi connectivity index (χ1) is 8.58. The minimum Gasteiger partial charge on any atom is -0.508 e. The highest BCUT2D eigenvalue weighted by atomic mass is 79.9. The van der Waals surface area contributed by atoms with Crippen LogP contribution in [0.1, 0.15) is 16.1 Å². The first-order valence-electron chi connectivity index (χ1n) is 5.35. The fraction of sp³-hybridized carbons (Fsp3) is 0.154. The maximum absolute atomic E-state index is 12.0. The highest BCUT2D eigenvalue weighted by molar-refractivity contribution is 9.10. The molecule has 0 aliphatic heterocycles. The molecule has 0 saturated carbocycles. The predicted molar refractivity (Wildman–Crippen MR) is 70.3 cm³/mol. The number of carbonyl (C=O) groups excluding carboxylic acids is 1. The zero-order chi connectivity index (χ0) is 13.1. The average Bonchev–Trinajstić information content (AvgIpc) is 2.78. The number of hydrogen-bond donors (Lipinski definition) is 1. The molecule has 0 aliphatic carbocycles. The standard InChI is InChI=1S/C13H12BrNO3/c1-15(8-9-4-2-3-5-10(9)16)13(17)11-6-7-12(14)18-11/h2-7,16H,8H2,1H3. The number of para-hydroxylation sites is 1. The molecule has 1 amide bonds. The minimum absolute atomic E-state index is 0.178. The van der Waals surface area contributed by atoms with E-state index in [0.29, 0.717) is 16.8 Å². The topological polar surface area (TPSA) is 53.7 Å². The molecule has 1 heterocycles. The van der Waals surface area contributed by atoms with Gasteiger partial charge in [-0.2, -0.15) is 0 Å². The van der Waals surface area contributed by atoms with Crippen molar-refractivity contribution < 1.29 is 14.3 Å². The van der Waals surface area contributed by atoms with Crippen molar-refractivity contribution in [3.8, 4) is 5.75 Å². The van der Waals surface area contributed by atoms with Crippen LogP contribution in [0.25, 0.3) is 0 Å². The Balaban J connectivity index is 2.11. The Bertz CT molecular complexity index is 565. The van der Waals surface area contributed by atoms with E-state index >= 15 is 0 Å². The molecule has 0 fully saturated rings. The van der Waals surface area contributed by atoms with E-state index in [1.54, 1.807) is 37.4 Å². The fourth-order valence-corrected chi connectivity index (χ4v) is 1.90.